The summed E-state index contributed by atoms with van der Waals surface area (Å²) in [5.74, 6) is -0.910. The molecule has 0 spiro atoms. The molecule has 0 aromatic heterocycles. The van der Waals surface area contributed by atoms with Gasteiger partial charge in [-0.25, -0.2) is 4.79 Å². The zero-order chi connectivity index (χ0) is 12.0. The van der Waals surface area contributed by atoms with E-state index in [1.54, 1.807) is 30.3 Å². The number of rotatable bonds is 6. The maximum atomic E-state index is 10.7. The number of benzene rings is 1. The highest BCUT2D eigenvalue weighted by Crippen LogP contribution is 2.17. The summed E-state index contributed by atoms with van der Waals surface area (Å²) in [4.78, 5) is 10.7. The van der Waals surface area contributed by atoms with Crippen LogP contribution in [0.1, 0.15) is 35.4 Å². The number of ether oxygens (including phenoxy) is 1. The van der Waals surface area contributed by atoms with E-state index in [9.17, 15) is 4.79 Å². The van der Waals surface area contributed by atoms with Gasteiger partial charge in [0.15, 0.2) is 0 Å². The summed E-state index contributed by atoms with van der Waals surface area (Å²) in [5, 5.41) is 8.75. The van der Waals surface area contributed by atoms with Crippen LogP contribution in [0.5, 0.6) is 0 Å². The van der Waals surface area contributed by atoms with Gasteiger partial charge in [-0.05, 0) is 31.0 Å². The second-order valence-electron chi connectivity index (χ2n) is 3.52. The first-order valence-electron chi connectivity index (χ1n) is 5.21. The van der Waals surface area contributed by atoms with Crippen molar-refractivity contribution in [3.63, 3.8) is 0 Å². The fourth-order valence-electron chi connectivity index (χ4n) is 1.32. The van der Waals surface area contributed by atoms with E-state index < -0.39 is 5.97 Å². The zero-order valence-electron chi connectivity index (χ0n) is 9.35. The van der Waals surface area contributed by atoms with Gasteiger partial charge < -0.3 is 9.84 Å². The van der Waals surface area contributed by atoms with Crippen LogP contribution in [0.2, 0.25) is 0 Å². The molecule has 16 heavy (non-hydrogen) atoms. The number of hydrogen-bond donors (Lipinski definition) is 1. The van der Waals surface area contributed by atoms with Crippen LogP contribution in [0.4, 0.5) is 0 Å². The van der Waals surface area contributed by atoms with Crippen LogP contribution in [-0.2, 0) is 4.74 Å². The van der Waals surface area contributed by atoms with Gasteiger partial charge in [-0.1, -0.05) is 18.2 Å². The van der Waals surface area contributed by atoms with E-state index in [2.05, 4.69) is 6.58 Å². The normalized spacial score (nSPS) is 12.1. The predicted octanol–water partition coefficient (Wildman–Crippen LogP) is 3.04. The van der Waals surface area contributed by atoms with Gasteiger partial charge in [0, 0.05) is 0 Å². The van der Waals surface area contributed by atoms with Crippen molar-refractivity contribution in [2.45, 2.75) is 19.4 Å². The minimum absolute atomic E-state index is 0.0252. The fraction of sp³-hybridized carbons (Fsp3) is 0.308. The summed E-state index contributed by atoms with van der Waals surface area (Å²) >= 11 is 0. The van der Waals surface area contributed by atoms with Gasteiger partial charge in [-0.2, -0.15) is 0 Å². The smallest absolute Gasteiger partial charge is 0.335 e. The lowest BCUT2D eigenvalue weighted by Crippen LogP contribution is -2.02. The number of carbonyl (C=O) groups is 1. The fourth-order valence-corrected chi connectivity index (χ4v) is 1.32. The largest absolute Gasteiger partial charge is 0.478 e. The monoisotopic (exact) mass is 220 g/mol. The van der Waals surface area contributed by atoms with Crippen molar-refractivity contribution in [2.75, 3.05) is 6.61 Å². The van der Waals surface area contributed by atoms with Crippen LogP contribution < -0.4 is 0 Å². The first-order chi connectivity index (χ1) is 7.65. The molecular formula is C13H16O3. The van der Waals surface area contributed by atoms with Crippen molar-refractivity contribution in [3.8, 4) is 0 Å². The van der Waals surface area contributed by atoms with Crippen LogP contribution in [0, 0.1) is 0 Å². The zero-order valence-corrected chi connectivity index (χ0v) is 9.35. The molecule has 1 aromatic carbocycles. The molecule has 0 aliphatic rings. The molecule has 3 heteroatoms. The molecule has 0 saturated carbocycles. The topological polar surface area (TPSA) is 46.5 Å². The summed E-state index contributed by atoms with van der Waals surface area (Å²) in [6.45, 7) is 6.19. The SMILES string of the molecule is C=CCCOC(C)c1ccc(C(=O)O)cc1. The third kappa shape index (κ3) is 3.51. The molecule has 0 heterocycles. The van der Waals surface area contributed by atoms with Crippen molar-refractivity contribution in [3.05, 3.63) is 48.0 Å². The molecule has 0 radical (unpaired) electrons. The van der Waals surface area contributed by atoms with Gasteiger partial charge in [-0.15, -0.1) is 6.58 Å². The van der Waals surface area contributed by atoms with E-state index in [0.717, 1.165) is 12.0 Å². The molecule has 0 bridgehead atoms. The average Bonchev–Trinajstić information content (AvgIpc) is 2.29. The Morgan fingerprint density at radius 2 is 2.12 bits per heavy atom. The third-order valence-electron chi connectivity index (χ3n) is 2.32. The van der Waals surface area contributed by atoms with E-state index >= 15 is 0 Å². The van der Waals surface area contributed by atoms with Crippen molar-refractivity contribution in [1.29, 1.82) is 0 Å². The Labute approximate surface area is 95.4 Å². The average molecular weight is 220 g/mol. The maximum absolute atomic E-state index is 10.7. The first kappa shape index (κ1) is 12.5. The lowest BCUT2D eigenvalue weighted by molar-refractivity contribution is 0.0680. The van der Waals surface area contributed by atoms with Gasteiger partial charge in [0.1, 0.15) is 0 Å². The Bertz CT molecular complexity index is 354. The molecule has 0 aliphatic heterocycles. The molecule has 0 fully saturated rings. The van der Waals surface area contributed by atoms with Crippen molar-refractivity contribution >= 4 is 5.97 Å². The summed E-state index contributed by atoms with van der Waals surface area (Å²) in [6.07, 6.45) is 2.60. The lowest BCUT2D eigenvalue weighted by Gasteiger charge is -2.12. The number of aromatic carboxylic acids is 1. The standard InChI is InChI=1S/C13H16O3/c1-3-4-9-16-10(2)11-5-7-12(8-6-11)13(14)15/h3,5-8,10H,1,4,9H2,2H3,(H,14,15). The molecule has 1 N–H and O–H groups in total. The molecule has 1 atom stereocenters. The van der Waals surface area contributed by atoms with Gasteiger partial charge in [0.05, 0.1) is 18.3 Å². The lowest BCUT2D eigenvalue weighted by atomic mass is 10.1. The van der Waals surface area contributed by atoms with Crippen LogP contribution in [0.25, 0.3) is 0 Å². The van der Waals surface area contributed by atoms with Crippen LogP contribution >= 0.6 is 0 Å². The second-order valence-corrected chi connectivity index (χ2v) is 3.52. The summed E-state index contributed by atoms with van der Waals surface area (Å²) in [6, 6.07) is 6.74. The van der Waals surface area contributed by atoms with Gasteiger partial charge in [-0.3, -0.25) is 0 Å². The molecule has 1 unspecified atom stereocenters. The van der Waals surface area contributed by atoms with Crippen molar-refractivity contribution < 1.29 is 14.6 Å². The molecule has 1 aromatic rings. The summed E-state index contributed by atoms with van der Waals surface area (Å²) in [7, 11) is 0. The van der Waals surface area contributed by atoms with E-state index in [1.807, 2.05) is 6.92 Å². The van der Waals surface area contributed by atoms with E-state index in [1.165, 1.54) is 0 Å². The Morgan fingerprint density at radius 3 is 2.62 bits per heavy atom. The highest BCUT2D eigenvalue weighted by molar-refractivity contribution is 5.87. The minimum atomic E-state index is -0.910. The number of carboxylic acid groups (broad SMARTS) is 1. The molecule has 3 nitrogen and oxygen atoms in total. The van der Waals surface area contributed by atoms with Gasteiger partial charge >= 0.3 is 5.97 Å². The maximum Gasteiger partial charge on any atom is 0.335 e. The molecule has 0 amide bonds. The number of carboxylic acids is 1. The molecular weight excluding hydrogens is 204 g/mol. The van der Waals surface area contributed by atoms with E-state index in [0.29, 0.717) is 12.2 Å². The minimum Gasteiger partial charge on any atom is -0.478 e. The van der Waals surface area contributed by atoms with Crippen LogP contribution in [0.15, 0.2) is 36.9 Å². The van der Waals surface area contributed by atoms with Gasteiger partial charge in [0.2, 0.25) is 0 Å². The molecule has 86 valence electrons. The first-order valence-corrected chi connectivity index (χ1v) is 5.21. The van der Waals surface area contributed by atoms with Crippen LogP contribution in [-0.4, -0.2) is 17.7 Å². The van der Waals surface area contributed by atoms with Crippen molar-refractivity contribution in [1.82, 2.24) is 0 Å². The Hall–Kier alpha value is -1.61. The quantitative estimate of drug-likeness (QED) is 0.592. The Morgan fingerprint density at radius 1 is 1.50 bits per heavy atom. The second kappa shape index (κ2) is 6.08. The summed E-state index contributed by atoms with van der Waals surface area (Å²) in [5.41, 5.74) is 1.27. The molecule has 0 aliphatic carbocycles. The van der Waals surface area contributed by atoms with Crippen molar-refractivity contribution in [2.24, 2.45) is 0 Å². The Balaban J connectivity index is 2.59. The van der Waals surface area contributed by atoms with Crippen LogP contribution in [0.3, 0.4) is 0 Å². The van der Waals surface area contributed by atoms with Gasteiger partial charge in [0.25, 0.3) is 0 Å². The third-order valence-corrected chi connectivity index (χ3v) is 2.32. The van der Waals surface area contributed by atoms with E-state index in [-0.39, 0.29) is 6.10 Å². The van der Waals surface area contributed by atoms with E-state index in [4.69, 9.17) is 9.84 Å². The summed E-state index contributed by atoms with van der Waals surface area (Å²) < 4.78 is 5.55. The highest BCUT2D eigenvalue weighted by atomic mass is 16.5. The predicted molar refractivity (Wildman–Crippen MR) is 62.6 cm³/mol. The highest BCUT2D eigenvalue weighted by Gasteiger charge is 2.07. The Kier molecular flexibility index (Phi) is 4.73. The molecule has 1 rings (SSSR count). The number of hydrogen-bond acceptors (Lipinski definition) is 2. The molecule has 0 saturated heterocycles.